The summed E-state index contributed by atoms with van der Waals surface area (Å²) in [5.74, 6) is 1.84. The van der Waals surface area contributed by atoms with Gasteiger partial charge in [-0.15, -0.1) is 0 Å². The van der Waals surface area contributed by atoms with Crippen molar-refractivity contribution in [3.8, 4) is 11.5 Å². The fourth-order valence-corrected chi connectivity index (χ4v) is 4.89. The van der Waals surface area contributed by atoms with Crippen LogP contribution in [0.1, 0.15) is 32.6 Å². The molecule has 0 saturated carbocycles. The van der Waals surface area contributed by atoms with Crippen molar-refractivity contribution in [2.24, 2.45) is 5.92 Å². The van der Waals surface area contributed by atoms with E-state index in [0.29, 0.717) is 15.8 Å². The van der Waals surface area contributed by atoms with Crippen molar-refractivity contribution in [3.05, 3.63) is 52.5 Å². The minimum atomic E-state index is -0.285. The molecule has 2 aliphatic heterocycles. The highest BCUT2D eigenvalue weighted by molar-refractivity contribution is 6.42. The largest absolute Gasteiger partial charge is 0.490 e. The number of piperidine rings is 2. The third-order valence-electron chi connectivity index (χ3n) is 6.30. The molecule has 5 nitrogen and oxygen atoms in total. The molecule has 0 N–H and O–H groups in total. The second kappa shape index (κ2) is 10.8. The van der Waals surface area contributed by atoms with Gasteiger partial charge in [-0.1, -0.05) is 29.3 Å². The minimum absolute atomic E-state index is 0.231. The Kier molecular flexibility index (Phi) is 7.82. The Labute approximate surface area is 200 Å². The summed E-state index contributed by atoms with van der Waals surface area (Å²) in [6.45, 7) is 6.78. The molecule has 0 aromatic heterocycles. The first-order valence-electron chi connectivity index (χ1n) is 11.3. The van der Waals surface area contributed by atoms with Crippen LogP contribution in [0, 0.1) is 5.92 Å². The van der Waals surface area contributed by atoms with Gasteiger partial charge in [0.05, 0.1) is 10.0 Å². The van der Waals surface area contributed by atoms with E-state index in [1.807, 2.05) is 24.3 Å². The standard InChI is InChI=1S/C25H30Cl2N2O3/c1-18(30)31-22-4-2-3-20(15-22)29-13-7-19(8-14-29)17-28-11-9-21(10-12-28)32-23-5-6-24(26)25(27)16-23/h2-6,15-16,19,21H,7-14,17H2,1H3. The Bertz CT molecular complexity index is 923. The molecule has 0 radical (unpaired) electrons. The zero-order valence-electron chi connectivity index (χ0n) is 18.4. The van der Waals surface area contributed by atoms with Crippen LogP contribution in [0.15, 0.2) is 42.5 Å². The number of carbonyl (C=O) groups excluding carboxylic acids is 1. The molecule has 2 aromatic rings. The van der Waals surface area contributed by atoms with Crippen LogP contribution in [-0.2, 0) is 4.79 Å². The maximum atomic E-state index is 11.2. The molecular formula is C25H30Cl2N2O3. The monoisotopic (exact) mass is 476 g/mol. The van der Waals surface area contributed by atoms with E-state index < -0.39 is 0 Å². The van der Waals surface area contributed by atoms with Gasteiger partial charge in [0.25, 0.3) is 0 Å². The lowest BCUT2D eigenvalue weighted by Gasteiger charge is -2.38. The van der Waals surface area contributed by atoms with E-state index in [0.717, 1.165) is 62.9 Å². The number of hydrogen-bond donors (Lipinski definition) is 0. The average Bonchev–Trinajstić information content (AvgIpc) is 2.78. The van der Waals surface area contributed by atoms with E-state index in [2.05, 4.69) is 15.9 Å². The van der Waals surface area contributed by atoms with Crippen LogP contribution in [0.5, 0.6) is 11.5 Å². The summed E-state index contributed by atoms with van der Waals surface area (Å²) in [6.07, 6.45) is 4.65. The quantitative estimate of drug-likeness (QED) is 0.396. The highest BCUT2D eigenvalue weighted by atomic mass is 35.5. The zero-order valence-corrected chi connectivity index (χ0v) is 19.9. The van der Waals surface area contributed by atoms with Gasteiger partial charge in [-0.3, -0.25) is 4.79 Å². The fraction of sp³-hybridized carbons (Fsp3) is 0.480. The average molecular weight is 477 g/mol. The SMILES string of the molecule is CC(=O)Oc1cccc(N2CCC(CN3CCC(Oc4ccc(Cl)c(Cl)c4)CC3)CC2)c1. The Morgan fingerprint density at radius 3 is 2.38 bits per heavy atom. The third kappa shape index (κ3) is 6.31. The molecule has 0 aliphatic carbocycles. The van der Waals surface area contributed by atoms with Crippen molar-refractivity contribution in [3.63, 3.8) is 0 Å². The van der Waals surface area contributed by atoms with Gasteiger partial charge in [0.1, 0.15) is 17.6 Å². The third-order valence-corrected chi connectivity index (χ3v) is 7.04. The van der Waals surface area contributed by atoms with Crippen LogP contribution in [0.2, 0.25) is 10.0 Å². The topological polar surface area (TPSA) is 42.0 Å². The Morgan fingerprint density at radius 1 is 0.938 bits per heavy atom. The summed E-state index contributed by atoms with van der Waals surface area (Å²) in [7, 11) is 0. The fourth-order valence-electron chi connectivity index (χ4n) is 4.60. The normalized spacial score (nSPS) is 18.5. The van der Waals surface area contributed by atoms with Crippen molar-refractivity contribution in [1.82, 2.24) is 4.90 Å². The van der Waals surface area contributed by atoms with E-state index >= 15 is 0 Å². The van der Waals surface area contributed by atoms with Crippen molar-refractivity contribution in [2.75, 3.05) is 37.6 Å². The van der Waals surface area contributed by atoms with Crippen LogP contribution >= 0.6 is 23.2 Å². The van der Waals surface area contributed by atoms with Gasteiger partial charge in [-0.25, -0.2) is 0 Å². The van der Waals surface area contributed by atoms with Crippen LogP contribution in [0.3, 0.4) is 0 Å². The number of esters is 1. The number of nitrogens with zero attached hydrogens (tertiary/aromatic N) is 2. The van der Waals surface area contributed by atoms with Gasteiger partial charge in [-0.2, -0.15) is 0 Å². The molecule has 172 valence electrons. The number of anilines is 1. The van der Waals surface area contributed by atoms with E-state index in [1.165, 1.54) is 19.8 Å². The Morgan fingerprint density at radius 2 is 1.69 bits per heavy atom. The highest BCUT2D eigenvalue weighted by Gasteiger charge is 2.26. The molecule has 0 amide bonds. The summed E-state index contributed by atoms with van der Waals surface area (Å²) in [5, 5.41) is 1.09. The molecule has 0 bridgehead atoms. The molecular weight excluding hydrogens is 447 g/mol. The molecule has 0 spiro atoms. The van der Waals surface area contributed by atoms with Gasteiger partial charge in [-0.05, 0) is 55.9 Å². The first-order chi connectivity index (χ1) is 15.5. The summed E-state index contributed by atoms with van der Waals surface area (Å²) in [5.41, 5.74) is 1.13. The second-order valence-electron chi connectivity index (χ2n) is 8.72. The van der Waals surface area contributed by atoms with Crippen molar-refractivity contribution < 1.29 is 14.3 Å². The van der Waals surface area contributed by atoms with Crippen LogP contribution in [0.25, 0.3) is 0 Å². The maximum absolute atomic E-state index is 11.2. The minimum Gasteiger partial charge on any atom is -0.490 e. The number of rotatable bonds is 6. The van der Waals surface area contributed by atoms with Gasteiger partial charge in [0, 0.05) is 57.5 Å². The molecule has 2 aliphatic rings. The summed E-state index contributed by atoms with van der Waals surface area (Å²) < 4.78 is 11.3. The molecule has 0 atom stereocenters. The van der Waals surface area contributed by atoms with E-state index in [1.54, 1.807) is 12.1 Å². The second-order valence-corrected chi connectivity index (χ2v) is 9.53. The molecule has 0 unspecified atom stereocenters. The van der Waals surface area contributed by atoms with Crippen LogP contribution < -0.4 is 14.4 Å². The number of halogens is 2. The predicted octanol–water partition coefficient (Wildman–Crippen LogP) is 5.68. The molecule has 2 saturated heterocycles. The molecule has 4 rings (SSSR count). The Balaban J connectivity index is 1.20. The molecule has 32 heavy (non-hydrogen) atoms. The molecule has 2 fully saturated rings. The number of benzene rings is 2. The molecule has 2 aromatic carbocycles. The summed E-state index contributed by atoms with van der Waals surface area (Å²) in [6, 6.07) is 13.3. The molecule has 2 heterocycles. The number of likely N-dealkylation sites (tertiary alicyclic amines) is 1. The lowest BCUT2D eigenvalue weighted by atomic mass is 9.94. The van der Waals surface area contributed by atoms with Gasteiger partial charge < -0.3 is 19.3 Å². The molecule has 7 heteroatoms. The van der Waals surface area contributed by atoms with Crippen LogP contribution in [0.4, 0.5) is 5.69 Å². The summed E-state index contributed by atoms with van der Waals surface area (Å²) in [4.78, 5) is 16.2. The zero-order chi connectivity index (χ0) is 22.5. The number of ether oxygens (including phenoxy) is 2. The highest BCUT2D eigenvalue weighted by Crippen LogP contribution is 2.30. The summed E-state index contributed by atoms with van der Waals surface area (Å²) >= 11 is 12.1. The lowest BCUT2D eigenvalue weighted by Crippen LogP contribution is -2.43. The van der Waals surface area contributed by atoms with Gasteiger partial charge in [0.15, 0.2) is 0 Å². The van der Waals surface area contributed by atoms with Crippen molar-refractivity contribution in [2.45, 2.75) is 38.7 Å². The van der Waals surface area contributed by atoms with Gasteiger partial charge in [0.2, 0.25) is 0 Å². The smallest absolute Gasteiger partial charge is 0.308 e. The van der Waals surface area contributed by atoms with Gasteiger partial charge >= 0.3 is 5.97 Å². The maximum Gasteiger partial charge on any atom is 0.308 e. The van der Waals surface area contributed by atoms with Crippen molar-refractivity contribution in [1.29, 1.82) is 0 Å². The number of hydrogen-bond acceptors (Lipinski definition) is 5. The number of carbonyl (C=O) groups is 1. The Hall–Kier alpha value is -1.95. The van der Waals surface area contributed by atoms with E-state index in [-0.39, 0.29) is 12.1 Å². The van der Waals surface area contributed by atoms with Crippen molar-refractivity contribution >= 4 is 34.9 Å². The first kappa shape index (κ1) is 23.2. The first-order valence-corrected chi connectivity index (χ1v) is 12.1. The van der Waals surface area contributed by atoms with E-state index in [4.69, 9.17) is 32.7 Å². The van der Waals surface area contributed by atoms with Crippen LogP contribution in [-0.4, -0.2) is 49.7 Å². The van der Waals surface area contributed by atoms with E-state index in [9.17, 15) is 4.79 Å². The lowest BCUT2D eigenvalue weighted by molar-refractivity contribution is -0.131. The predicted molar refractivity (Wildman–Crippen MR) is 129 cm³/mol.